The fraction of sp³-hybridized carbons (Fsp3) is 0.294. The summed E-state index contributed by atoms with van der Waals surface area (Å²) in [5.74, 6) is 1.35. The van der Waals surface area contributed by atoms with Gasteiger partial charge in [-0.25, -0.2) is 9.97 Å². The first kappa shape index (κ1) is 19.3. The molecule has 1 atom stereocenters. The number of fused-ring (bicyclic) bond motifs is 1. The third-order valence-corrected chi connectivity index (χ3v) is 4.47. The molecule has 4 rings (SSSR count). The van der Waals surface area contributed by atoms with E-state index in [1.165, 1.54) is 6.33 Å². The lowest BCUT2D eigenvalue weighted by Crippen LogP contribution is -2.13. The molecule has 134 valence electrons. The van der Waals surface area contributed by atoms with E-state index in [0.29, 0.717) is 11.9 Å². The molecule has 0 spiro atoms. The minimum atomic E-state index is 0. The summed E-state index contributed by atoms with van der Waals surface area (Å²) in [6.07, 6.45) is 4.78. The first-order valence-corrected chi connectivity index (χ1v) is 7.74. The zero-order valence-corrected chi connectivity index (χ0v) is 15.4. The number of anilines is 1. The van der Waals surface area contributed by atoms with Gasteiger partial charge in [-0.3, -0.25) is 0 Å². The second-order valence-corrected chi connectivity index (χ2v) is 5.78. The molecule has 1 fully saturated rings. The molecule has 6 nitrogen and oxygen atoms in total. The number of nitrogens with one attached hydrogen (secondary N) is 1. The van der Waals surface area contributed by atoms with Crippen LogP contribution in [0.5, 0.6) is 5.75 Å². The SMILES string of the molecule is COc1ccc(-c2cn(C3CCNC3)c3ncnc(N)c23)cc1.Cl.Cl. The highest BCUT2D eigenvalue weighted by Gasteiger charge is 2.22. The van der Waals surface area contributed by atoms with Gasteiger partial charge in [-0.2, -0.15) is 0 Å². The third-order valence-electron chi connectivity index (χ3n) is 4.47. The van der Waals surface area contributed by atoms with Crippen molar-refractivity contribution in [1.29, 1.82) is 0 Å². The molecule has 1 aliphatic heterocycles. The highest BCUT2D eigenvalue weighted by atomic mass is 35.5. The molecule has 1 aliphatic rings. The predicted molar refractivity (Wildman–Crippen MR) is 105 cm³/mol. The van der Waals surface area contributed by atoms with Crippen LogP contribution in [0.1, 0.15) is 12.5 Å². The van der Waals surface area contributed by atoms with Crippen molar-refractivity contribution in [3.8, 4) is 16.9 Å². The Hall–Kier alpha value is -2.02. The lowest BCUT2D eigenvalue weighted by Gasteiger charge is -2.11. The van der Waals surface area contributed by atoms with Crippen molar-refractivity contribution in [1.82, 2.24) is 19.9 Å². The minimum Gasteiger partial charge on any atom is -0.497 e. The molecule has 1 unspecified atom stereocenters. The number of methoxy groups -OCH3 is 1. The molecule has 25 heavy (non-hydrogen) atoms. The van der Waals surface area contributed by atoms with Gasteiger partial charge >= 0.3 is 0 Å². The van der Waals surface area contributed by atoms with E-state index < -0.39 is 0 Å². The molecule has 1 saturated heterocycles. The number of aromatic nitrogens is 3. The number of rotatable bonds is 3. The monoisotopic (exact) mass is 381 g/mol. The highest BCUT2D eigenvalue weighted by molar-refractivity contribution is 6.00. The van der Waals surface area contributed by atoms with Crippen LogP contribution in [-0.2, 0) is 0 Å². The summed E-state index contributed by atoms with van der Waals surface area (Å²) in [6, 6.07) is 8.39. The first-order valence-electron chi connectivity index (χ1n) is 7.74. The number of nitrogen functional groups attached to an aromatic ring is 1. The highest BCUT2D eigenvalue weighted by Crippen LogP contribution is 2.35. The van der Waals surface area contributed by atoms with Crippen LogP contribution in [0, 0.1) is 0 Å². The predicted octanol–water partition coefficient (Wildman–Crippen LogP) is 3.07. The van der Waals surface area contributed by atoms with Crippen molar-refractivity contribution in [3.05, 3.63) is 36.8 Å². The van der Waals surface area contributed by atoms with Gasteiger partial charge in [0.1, 0.15) is 23.5 Å². The van der Waals surface area contributed by atoms with E-state index in [1.807, 2.05) is 24.3 Å². The van der Waals surface area contributed by atoms with Gasteiger partial charge in [0.2, 0.25) is 0 Å². The van der Waals surface area contributed by atoms with Crippen molar-refractivity contribution >= 4 is 41.7 Å². The van der Waals surface area contributed by atoms with Gasteiger partial charge in [-0.15, -0.1) is 24.8 Å². The van der Waals surface area contributed by atoms with Crippen LogP contribution in [0.2, 0.25) is 0 Å². The van der Waals surface area contributed by atoms with Crippen LogP contribution >= 0.6 is 24.8 Å². The molecular weight excluding hydrogens is 361 g/mol. The van der Waals surface area contributed by atoms with Crippen LogP contribution in [-0.4, -0.2) is 34.7 Å². The fourth-order valence-corrected chi connectivity index (χ4v) is 3.25. The maximum Gasteiger partial charge on any atom is 0.146 e. The van der Waals surface area contributed by atoms with E-state index in [9.17, 15) is 0 Å². The van der Waals surface area contributed by atoms with Gasteiger partial charge in [0, 0.05) is 24.3 Å². The Morgan fingerprint density at radius 2 is 1.96 bits per heavy atom. The van der Waals surface area contributed by atoms with Gasteiger partial charge in [0.05, 0.1) is 12.5 Å². The Labute approximate surface area is 158 Å². The van der Waals surface area contributed by atoms with Gasteiger partial charge in [0.25, 0.3) is 0 Å². The number of nitrogens with two attached hydrogens (primary N) is 1. The number of benzene rings is 1. The van der Waals surface area contributed by atoms with Gasteiger partial charge < -0.3 is 20.4 Å². The van der Waals surface area contributed by atoms with Crippen molar-refractivity contribution < 1.29 is 4.74 Å². The second kappa shape index (κ2) is 7.91. The number of hydrogen-bond donors (Lipinski definition) is 2. The van der Waals surface area contributed by atoms with Crippen LogP contribution in [0.4, 0.5) is 5.82 Å². The van der Waals surface area contributed by atoms with E-state index in [-0.39, 0.29) is 24.8 Å². The largest absolute Gasteiger partial charge is 0.497 e. The zero-order valence-electron chi connectivity index (χ0n) is 13.8. The Morgan fingerprint density at radius 3 is 2.60 bits per heavy atom. The normalized spacial score (nSPS) is 16.3. The third kappa shape index (κ3) is 3.38. The Kier molecular flexibility index (Phi) is 6.11. The molecule has 3 heterocycles. The van der Waals surface area contributed by atoms with Crippen molar-refractivity contribution in [2.75, 3.05) is 25.9 Å². The quantitative estimate of drug-likeness (QED) is 0.728. The summed E-state index contributed by atoms with van der Waals surface area (Å²) in [4.78, 5) is 8.67. The van der Waals surface area contributed by atoms with Crippen LogP contribution in [0.3, 0.4) is 0 Å². The van der Waals surface area contributed by atoms with Crippen molar-refractivity contribution in [2.45, 2.75) is 12.5 Å². The van der Waals surface area contributed by atoms with Crippen molar-refractivity contribution in [2.24, 2.45) is 0 Å². The standard InChI is InChI=1S/C17H19N5O.2ClH/c1-23-13-4-2-11(3-5-13)14-9-22(12-6-7-19-8-12)17-15(14)16(18)20-10-21-17;;/h2-5,9-10,12,19H,6-8H2,1H3,(H2,18,20,21);2*1H. The summed E-state index contributed by atoms with van der Waals surface area (Å²) < 4.78 is 7.47. The number of nitrogens with zero attached hydrogens (tertiary/aromatic N) is 3. The van der Waals surface area contributed by atoms with Gasteiger partial charge in [-0.05, 0) is 30.7 Å². The van der Waals surface area contributed by atoms with E-state index in [1.54, 1.807) is 7.11 Å². The van der Waals surface area contributed by atoms with E-state index in [2.05, 4.69) is 26.0 Å². The molecule has 2 aromatic heterocycles. The maximum absolute atomic E-state index is 6.16. The van der Waals surface area contributed by atoms with Crippen LogP contribution in [0.25, 0.3) is 22.2 Å². The summed E-state index contributed by atoms with van der Waals surface area (Å²) in [7, 11) is 1.67. The van der Waals surface area contributed by atoms with Crippen molar-refractivity contribution in [3.63, 3.8) is 0 Å². The van der Waals surface area contributed by atoms with E-state index >= 15 is 0 Å². The zero-order chi connectivity index (χ0) is 15.8. The average molecular weight is 382 g/mol. The number of ether oxygens (including phenoxy) is 1. The molecule has 3 aromatic rings. The maximum atomic E-state index is 6.16. The molecular formula is C17H21Cl2N5O. The van der Waals surface area contributed by atoms with E-state index in [4.69, 9.17) is 10.5 Å². The average Bonchev–Trinajstić information content (AvgIpc) is 3.23. The van der Waals surface area contributed by atoms with Crippen LogP contribution in [0.15, 0.2) is 36.8 Å². The number of halogens is 2. The lowest BCUT2D eigenvalue weighted by atomic mass is 10.1. The minimum absolute atomic E-state index is 0. The van der Waals surface area contributed by atoms with E-state index in [0.717, 1.165) is 47.4 Å². The molecule has 0 amide bonds. The molecule has 0 bridgehead atoms. The summed E-state index contributed by atoms with van der Waals surface area (Å²) in [6.45, 7) is 1.98. The Bertz CT molecular complexity index is 844. The summed E-state index contributed by atoms with van der Waals surface area (Å²) in [5.41, 5.74) is 9.21. The van der Waals surface area contributed by atoms with Gasteiger partial charge in [0.15, 0.2) is 0 Å². The topological polar surface area (TPSA) is 78.0 Å². The summed E-state index contributed by atoms with van der Waals surface area (Å²) in [5, 5.41) is 4.32. The Morgan fingerprint density at radius 1 is 1.20 bits per heavy atom. The molecule has 1 aromatic carbocycles. The first-order chi connectivity index (χ1) is 11.3. The fourth-order valence-electron chi connectivity index (χ4n) is 3.25. The number of hydrogen-bond acceptors (Lipinski definition) is 5. The molecule has 8 heteroatoms. The molecule has 3 N–H and O–H groups in total. The molecule has 0 radical (unpaired) electrons. The van der Waals surface area contributed by atoms with Crippen LogP contribution < -0.4 is 15.8 Å². The summed E-state index contributed by atoms with van der Waals surface area (Å²) >= 11 is 0. The Balaban J connectivity index is 0.00000113. The lowest BCUT2D eigenvalue weighted by molar-refractivity contribution is 0.415. The second-order valence-electron chi connectivity index (χ2n) is 5.78. The molecule has 0 saturated carbocycles. The smallest absolute Gasteiger partial charge is 0.146 e. The van der Waals surface area contributed by atoms with Gasteiger partial charge in [-0.1, -0.05) is 12.1 Å². The molecule has 0 aliphatic carbocycles.